The summed E-state index contributed by atoms with van der Waals surface area (Å²) in [6, 6.07) is 0. The summed E-state index contributed by atoms with van der Waals surface area (Å²) in [7, 11) is 0. The number of hydrogen-bond donors (Lipinski definition) is 2. The number of carboxylic acids is 1. The predicted molar refractivity (Wildman–Crippen MR) is 69.4 cm³/mol. The summed E-state index contributed by atoms with van der Waals surface area (Å²) in [6.45, 7) is 1.95. The van der Waals surface area contributed by atoms with Gasteiger partial charge < -0.3 is 10.4 Å². The average molecular weight is 273 g/mol. The number of carbonyl (C=O) groups is 3. The van der Waals surface area contributed by atoms with Crippen LogP contribution >= 0.6 is 11.8 Å². The van der Waals surface area contributed by atoms with Gasteiger partial charge in [0.15, 0.2) is 5.12 Å². The predicted octanol–water partition coefficient (Wildman–Crippen LogP) is 1.56. The number of nitrogens with one attached hydrogen (secondary N) is 1. The van der Waals surface area contributed by atoms with Crippen LogP contribution in [0.2, 0.25) is 0 Å². The van der Waals surface area contributed by atoms with E-state index >= 15 is 0 Å². The molecule has 2 N–H and O–H groups in total. The molecule has 0 bridgehead atoms. The first-order valence-corrected chi connectivity index (χ1v) is 6.93. The van der Waals surface area contributed by atoms with Crippen molar-refractivity contribution in [2.24, 2.45) is 0 Å². The molecule has 1 aliphatic carbocycles. The second kappa shape index (κ2) is 6.78. The largest absolute Gasteiger partial charge is 0.481 e. The molecule has 1 amide bonds. The van der Waals surface area contributed by atoms with E-state index in [-0.39, 0.29) is 28.6 Å². The minimum absolute atomic E-state index is 0.0574. The van der Waals surface area contributed by atoms with Gasteiger partial charge in [0, 0.05) is 24.6 Å². The molecule has 0 spiro atoms. The van der Waals surface area contributed by atoms with Crippen molar-refractivity contribution in [2.45, 2.75) is 50.2 Å². The van der Waals surface area contributed by atoms with E-state index in [1.54, 1.807) is 0 Å². The fourth-order valence-electron chi connectivity index (χ4n) is 2.12. The average Bonchev–Trinajstić information content (AvgIpc) is 2.73. The Kier molecular flexibility index (Phi) is 5.65. The van der Waals surface area contributed by atoms with Crippen molar-refractivity contribution in [3.05, 3.63) is 0 Å². The molecule has 0 radical (unpaired) electrons. The van der Waals surface area contributed by atoms with Crippen molar-refractivity contribution in [1.29, 1.82) is 0 Å². The van der Waals surface area contributed by atoms with Gasteiger partial charge in [-0.1, -0.05) is 24.6 Å². The first kappa shape index (κ1) is 15.0. The fourth-order valence-corrected chi connectivity index (χ4v) is 3.45. The van der Waals surface area contributed by atoms with Gasteiger partial charge in [-0.2, -0.15) is 0 Å². The topological polar surface area (TPSA) is 83.5 Å². The second-order valence-electron chi connectivity index (χ2n) is 4.67. The second-order valence-corrected chi connectivity index (χ2v) is 6.19. The van der Waals surface area contributed by atoms with Gasteiger partial charge >= 0.3 is 5.97 Å². The molecule has 0 aromatic carbocycles. The van der Waals surface area contributed by atoms with Crippen LogP contribution in [0.25, 0.3) is 0 Å². The molecule has 0 unspecified atom stereocenters. The Balaban J connectivity index is 2.48. The Hall–Kier alpha value is -1.04. The van der Waals surface area contributed by atoms with Crippen LogP contribution in [-0.2, 0) is 14.4 Å². The molecule has 0 aromatic rings. The highest BCUT2D eigenvalue weighted by molar-refractivity contribution is 8.14. The van der Waals surface area contributed by atoms with E-state index in [0.29, 0.717) is 6.54 Å². The Morgan fingerprint density at radius 3 is 2.33 bits per heavy atom. The van der Waals surface area contributed by atoms with Crippen molar-refractivity contribution in [3.8, 4) is 0 Å². The van der Waals surface area contributed by atoms with Gasteiger partial charge in [0.2, 0.25) is 5.91 Å². The lowest BCUT2D eigenvalue weighted by Crippen LogP contribution is -2.38. The van der Waals surface area contributed by atoms with E-state index in [1.165, 1.54) is 18.7 Å². The summed E-state index contributed by atoms with van der Waals surface area (Å²) in [5.74, 6) is -1.05. The van der Waals surface area contributed by atoms with E-state index in [9.17, 15) is 14.4 Å². The fraction of sp³-hybridized carbons (Fsp3) is 0.750. The molecule has 0 aromatic heterocycles. The Labute approximate surface area is 111 Å². The van der Waals surface area contributed by atoms with E-state index in [0.717, 1.165) is 25.7 Å². The molecule has 6 heteroatoms. The number of amides is 1. The zero-order chi connectivity index (χ0) is 13.6. The summed E-state index contributed by atoms with van der Waals surface area (Å²) in [4.78, 5) is 33.1. The summed E-state index contributed by atoms with van der Waals surface area (Å²) >= 11 is 1.22. The molecular weight excluding hydrogens is 254 g/mol. The normalized spacial score (nSPS) is 17.4. The lowest BCUT2D eigenvalue weighted by atomic mass is 10.1. The number of thioether (sulfide) groups is 1. The minimum atomic E-state index is -0.953. The Morgan fingerprint density at radius 2 is 1.83 bits per heavy atom. The number of carboxylic acid groups (broad SMARTS) is 1. The van der Waals surface area contributed by atoms with E-state index in [2.05, 4.69) is 5.32 Å². The van der Waals surface area contributed by atoms with Gasteiger partial charge in [-0.05, 0) is 12.8 Å². The molecule has 1 rings (SSSR count). The lowest BCUT2D eigenvalue weighted by Gasteiger charge is -2.27. The quantitative estimate of drug-likeness (QED) is 0.767. The molecule has 0 saturated heterocycles. The molecule has 5 nitrogen and oxygen atoms in total. The molecule has 0 heterocycles. The van der Waals surface area contributed by atoms with Crippen molar-refractivity contribution >= 4 is 28.8 Å². The van der Waals surface area contributed by atoms with Gasteiger partial charge in [0.05, 0.1) is 6.42 Å². The van der Waals surface area contributed by atoms with Crippen LogP contribution in [0.5, 0.6) is 0 Å². The molecule has 1 fully saturated rings. The summed E-state index contributed by atoms with van der Waals surface area (Å²) in [5.41, 5.74) is 0. The van der Waals surface area contributed by atoms with Crippen LogP contribution < -0.4 is 5.32 Å². The molecular formula is C12H19NO4S. The van der Waals surface area contributed by atoms with Crippen LogP contribution in [0.15, 0.2) is 0 Å². The van der Waals surface area contributed by atoms with E-state index in [1.807, 2.05) is 0 Å². The monoisotopic (exact) mass is 273 g/mol. The van der Waals surface area contributed by atoms with Crippen molar-refractivity contribution in [1.82, 2.24) is 5.32 Å². The number of rotatable bonds is 6. The number of aliphatic carboxylic acids is 1. The molecule has 0 atom stereocenters. The summed E-state index contributed by atoms with van der Waals surface area (Å²) in [6.07, 6.45) is 3.84. The highest BCUT2D eigenvalue weighted by Crippen LogP contribution is 2.42. The first-order valence-electron chi connectivity index (χ1n) is 6.12. The maximum atomic E-state index is 11.7. The van der Waals surface area contributed by atoms with Crippen LogP contribution in [0, 0.1) is 0 Å². The van der Waals surface area contributed by atoms with Gasteiger partial charge in [-0.3, -0.25) is 14.4 Å². The highest BCUT2D eigenvalue weighted by Gasteiger charge is 2.36. The van der Waals surface area contributed by atoms with Crippen LogP contribution in [-0.4, -0.2) is 33.4 Å². The third-order valence-electron chi connectivity index (χ3n) is 3.05. The Bertz CT molecular complexity index is 337. The lowest BCUT2D eigenvalue weighted by molar-refractivity contribution is -0.138. The minimum Gasteiger partial charge on any atom is -0.481 e. The van der Waals surface area contributed by atoms with Crippen LogP contribution in [0.1, 0.15) is 45.4 Å². The smallest absolute Gasteiger partial charge is 0.303 e. The van der Waals surface area contributed by atoms with Crippen LogP contribution in [0.3, 0.4) is 0 Å². The van der Waals surface area contributed by atoms with E-state index in [4.69, 9.17) is 5.11 Å². The third kappa shape index (κ3) is 5.08. The van der Waals surface area contributed by atoms with E-state index < -0.39 is 5.97 Å². The molecule has 0 aliphatic heterocycles. The summed E-state index contributed by atoms with van der Waals surface area (Å²) in [5, 5.41) is 11.2. The zero-order valence-corrected chi connectivity index (χ0v) is 11.3. The third-order valence-corrected chi connectivity index (χ3v) is 4.47. The van der Waals surface area contributed by atoms with Gasteiger partial charge in [-0.15, -0.1) is 0 Å². The molecule has 1 aliphatic rings. The maximum absolute atomic E-state index is 11.7. The Morgan fingerprint density at radius 1 is 1.22 bits per heavy atom. The van der Waals surface area contributed by atoms with Crippen molar-refractivity contribution in [3.63, 3.8) is 0 Å². The molecule has 1 saturated carbocycles. The maximum Gasteiger partial charge on any atom is 0.303 e. The number of hydrogen-bond acceptors (Lipinski definition) is 4. The van der Waals surface area contributed by atoms with Gasteiger partial charge in [0.25, 0.3) is 0 Å². The SMILES string of the molecule is CC(=O)NCC1(SC(=O)CCC(=O)O)CCCC1. The summed E-state index contributed by atoms with van der Waals surface area (Å²) < 4.78 is -0.221. The number of carbonyl (C=O) groups excluding carboxylic acids is 2. The standard InChI is InChI=1S/C12H19NO4S/c1-9(14)13-8-12(6-2-3-7-12)18-11(17)5-4-10(15)16/h2-8H2,1H3,(H,13,14)(H,15,16). The van der Waals surface area contributed by atoms with Crippen LogP contribution in [0.4, 0.5) is 0 Å². The first-order chi connectivity index (χ1) is 8.43. The highest BCUT2D eigenvalue weighted by atomic mass is 32.2. The van der Waals surface area contributed by atoms with Gasteiger partial charge in [0.1, 0.15) is 0 Å². The van der Waals surface area contributed by atoms with Crippen molar-refractivity contribution < 1.29 is 19.5 Å². The zero-order valence-electron chi connectivity index (χ0n) is 10.5. The molecule has 18 heavy (non-hydrogen) atoms. The van der Waals surface area contributed by atoms with Crippen molar-refractivity contribution in [2.75, 3.05) is 6.54 Å². The molecule has 102 valence electrons. The van der Waals surface area contributed by atoms with Gasteiger partial charge in [-0.25, -0.2) is 0 Å².